The molecule has 164 valence electrons. The second-order valence-corrected chi connectivity index (χ2v) is 8.15. The molecule has 31 heavy (non-hydrogen) atoms. The van der Waals surface area contributed by atoms with Crippen LogP contribution in [0.5, 0.6) is 11.5 Å². The first-order valence-corrected chi connectivity index (χ1v) is 10.8. The number of amides is 1. The van der Waals surface area contributed by atoms with Crippen molar-refractivity contribution in [2.24, 2.45) is 4.99 Å². The Hall–Kier alpha value is -3.13. The molecule has 3 rings (SSSR count). The number of fused-ring (bicyclic) bond motifs is 1. The van der Waals surface area contributed by atoms with Crippen LogP contribution < -0.4 is 14.3 Å². The smallest absolute Gasteiger partial charge is 0.326 e. The standard InChI is InChI=1S/C23H26N2O5S/c1-6-30-21(26)13-25-18-9-7-15(14(2)3)11-20(18)31-23(25)24-22(27)17-12-16(28-4)8-10-19(17)29-5/h7-12,14H,6,13H2,1-5H3. The van der Waals surface area contributed by atoms with Gasteiger partial charge in [-0.1, -0.05) is 31.3 Å². The third kappa shape index (κ3) is 4.96. The molecule has 0 N–H and O–H groups in total. The maximum atomic E-state index is 13.1. The third-order valence-corrected chi connectivity index (χ3v) is 5.84. The minimum Gasteiger partial charge on any atom is -0.497 e. The van der Waals surface area contributed by atoms with E-state index >= 15 is 0 Å². The molecular weight excluding hydrogens is 416 g/mol. The van der Waals surface area contributed by atoms with Gasteiger partial charge in [-0.25, -0.2) is 0 Å². The molecule has 3 aromatic rings. The number of esters is 1. The van der Waals surface area contributed by atoms with Crippen molar-refractivity contribution in [2.45, 2.75) is 33.2 Å². The van der Waals surface area contributed by atoms with E-state index < -0.39 is 5.91 Å². The number of ether oxygens (including phenoxy) is 3. The van der Waals surface area contributed by atoms with Crippen LogP contribution in [-0.2, 0) is 16.1 Å². The summed E-state index contributed by atoms with van der Waals surface area (Å²) in [5.74, 6) is 0.409. The van der Waals surface area contributed by atoms with E-state index in [4.69, 9.17) is 14.2 Å². The van der Waals surface area contributed by atoms with Gasteiger partial charge in [0, 0.05) is 0 Å². The molecule has 0 bridgehead atoms. The van der Waals surface area contributed by atoms with Gasteiger partial charge in [0.15, 0.2) is 4.80 Å². The second-order valence-electron chi connectivity index (χ2n) is 7.14. The minimum absolute atomic E-state index is 0.0315. The molecule has 0 aliphatic carbocycles. The largest absolute Gasteiger partial charge is 0.497 e. The van der Waals surface area contributed by atoms with Crippen molar-refractivity contribution < 1.29 is 23.8 Å². The average Bonchev–Trinajstić information content (AvgIpc) is 3.09. The van der Waals surface area contributed by atoms with E-state index in [2.05, 4.69) is 24.9 Å². The third-order valence-electron chi connectivity index (χ3n) is 4.80. The Kier molecular flexibility index (Phi) is 7.12. The van der Waals surface area contributed by atoms with Crippen molar-refractivity contribution in [1.82, 2.24) is 4.57 Å². The van der Waals surface area contributed by atoms with Crippen molar-refractivity contribution in [3.05, 3.63) is 52.3 Å². The lowest BCUT2D eigenvalue weighted by Crippen LogP contribution is -2.23. The fourth-order valence-corrected chi connectivity index (χ4v) is 4.23. The first kappa shape index (κ1) is 22.6. The summed E-state index contributed by atoms with van der Waals surface area (Å²) in [5, 5.41) is 0. The van der Waals surface area contributed by atoms with Gasteiger partial charge in [0.05, 0.1) is 36.6 Å². The lowest BCUT2D eigenvalue weighted by atomic mass is 10.0. The summed E-state index contributed by atoms with van der Waals surface area (Å²) in [7, 11) is 3.02. The highest BCUT2D eigenvalue weighted by molar-refractivity contribution is 7.16. The maximum absolute atomic E-state index is 13.1. The van der Waals surface area contributed by atoms with Crippen LogP contribution in [-0.4, -0.2) is 37.3 Å². The van der Waals surface area contributed by atoms with E-state index in [9.17, 15) is 9.59 Å². The number of aromatic nitrogens is 1. The summed E-state index contributed by atoms with van der Waals surface area (Å²) in [6.45, 7) is 6.24. The number of thiazole rings is 1. The van der Waals surface area contributed by atoms with E-state index in [-0.39, 0.29) is 24.7 Å². The van der Waals surface area contributed by atoms with Crippen LogP contribution >= 0.6 is 11.3 Å². The first-order valence-electron chi connectivity index (χ1n) is 9.97. The number of carbonyl (C=O) groups excluding carboxylic acids is 2. The molecule has 7 nitrogen and oxygen atoms in total. The summed E-state index contributed by atoms with van der Waals surface area (Å²) in [6.07, 6.45) is 0. The zero-order valence-corrected chi connectivity index (χ0v) is 19.1. The highest BCUT2D eigenvalue weighted by Crippen LogP contribution is 2.26. The summed E-state index contributed by atoms with van der Waals surface area (Å²) >= 11 is 1.36. The molecule has 0 aliphatic rings. The van der Waals surface area contributed by atoms with Gasteiger partial charge >= 0.3 is 5.97 Å². The highest BCUT2D eigenvalue weighted by atomic mass is 32.1. The van der Waals surface area contributed by atoms with Crippen molar-refractivity contribution >= 4 is 33.4 Å². The number of benzene rings is 2. The van der Waals surface area contributed by atoms with Crippen molar-refractivity contribution in [3.63, 3.8) is 0 Å². The molecular formula is C23H26N2O5S. The number of nitrogens with zero attached hydrogens (tertiary/aromatic N) is 2. The van der Waals surface area contributed by atoms with Crippen LogP contribution in [0.1, 0.15) is 42.6 Å². The maximum Gasteiger partial charge on any atom is 0.326 e. The summed E-state index contributed by atoms with van der Waals surface area (Å²) in [5.41, 5.74) is 2.28. The second kappa shape index (κ2) is 9.78. The highest BCUT2D eigenvalue weighted by Gasteiger charge is 2.16. The summed E-state index contributed by atoms with van der Waals surface area (Å²) < 4.78 is 18.3. The Morgan fingerprint density at radius 2 is 1.87 bits per heavy atom. The van der Waals surface area contributed by atoms with Gasteiger partial charge in [-0.05, 0) is 48.7 Å². The van der Waals surface area contributed by atoms with Gasteiger partial charge in [-0.2, -0.15) is 4.99 Å². The predicted molar refractivity (Wildman–Crippen MR) is 120 cm³/mol. The van der Waals surface area contributed by atoms with E-state index in [1.54, 1.807) is 29.7 Å². The number of carbonyl (C=O) groups is 2. The lowest BCUT2D eigenvalue weighted by Gasteiger charge is -2.08. The normalized spacial score (nSPS) is 11.7. The van der Waals surface area contributed by atoms with E-state index in [0.29, 0.717) is 22.2 Å². The molecule has 8 heteroatoms. The Morgan fingerprint density at radius 3 is 2.52 bits per heavy atom. The topological polar surface area (TPSA) is 79.1 Å². The molecule has 0 fully saturated rings. The molecule has 0 spiro atoms. The number of hydrogen-bond donors (Lipinski definition) is 0. The number of rotatable bonds is 7. The van der Waals surface area contributed by atoms with E-state index in [1.165, 1.54) is 31.1 Å². The van der Waals surface area contributed by atoms with Crippen LogP contribution in [0.3, 0.4) is 0 Å². The fraction of sp³-hybridized carbons (Fsp3) is 0.348. The quantitative estimate of drug-likeness (QED) is 0.514. The first-order chi connectivity index (χ1) is 14.9. The van der Waals surface area contributed by atoms with Crippen LogP contribution in [0.15, 0.2) is 41.4 Å². The van der Waals surface area contributed by atoms with Crippen molar-refractivity contribution in [2.75, 3.05) is 20.8 Å². The van der Waals surface area contributed by atoms with Crippen LogP contribution in [0.4, 0.5) is 0 Å². The molecule has 1 aromatic heterocycles. The van der Waals surface area contributed by atoms with Crippen LogP contribution in [0.25, 0.3) is 10.2 Å². The number of methoxy groups -OCH3 is 2. The van der Waals surface area contributed by atoms with Crippen LogP contribution in [0.2, 0.25) is 0 Å². The minimum atomic E-state index is -0.482. The molecule has 0 saturated heterocycles. The zero-order chi connectivity index (χ0) is 22.5. The predicted octanol–water partition coefficient (Wildman–Crippen LogP) is 4.15. The molecule has 0 saturated carbocycles. The number of hydrogen-bond acceptors (Lipinski definition) is 6. The van der Waals surface area contributed by atoms with Crippen molar-refractivity contribution in [1.29, 1.82) is 0 Å². The monoisotopic (exact) mass is 442 g/mol. The zero-order valence-electron chi connectivity index (χ0n) is 18.3. The average molecular weight is 443 g/mol. The molecule has 0 radical (unpaired) electrons. The summed E-state index contributed by atoms with van der Waals surface area (Å²) in [6, 6.07) is 11.0. The molecule has 1 heterocycles. The Bertz CT molecular complexity index is 1180. The summed E-state index contributed by atoms with van der Waals surface area (Å²) in [4.78, 5) is 30.0. The Labute approximate surface area is 184 Å². The van der Waals surface area contributed by atoms with E-state index in [1.807, 2.05) is 12.1 Å². The van der Waals surface area contributed by atoms with E-state index in [0.717, 1.165) is 10.2 Å². The molecule has 1 amide bonds. The van der Waals surface area contributed by atoms with Gasteiger partial charge in [0.2, 0.25) is 0 Å². The fourth-order valence-electron chi connectivity index (χ4n) is 3.15. The van der Waals surface area contributed by atoms with Crippen molar-refractivity contribution in [3.8, 4) is 11.5 Å². The lowest BCUT2D eigenvalue weighted by molar-refractivity contribution is -0.143. The van der Waals surface area contributed by atoms with Gasteiger partial charge in [-0.15, -0.1) is 0 Å². The molecule has 0 aliphatic heterocycles. The van der Waals surface area contributed by atoms with Gasteiger partial charge in [0.1, 0.15) is 18.0 Å². The Morgan fingerprint density at radius 1 is 1.10 bits per heavy atom. The van der Waals surface area contributed by atoms with Gasteiger partial charge in [-0.3, -0.25) is 9.59 Å². The SMILES string of the molecule is CCOC(=O)Cn1c(=NC(=O)c2cc(OC)ccc2OC)sc2cc(C(C)C)ccc21. The molecule has 2 aromatic carbocycles. The van der Waals surface area contributed by atoms with Gasteiger partial charge in [0.25, 0.3) is 5.91 Å². The Balaban J connectivity index is 2.16. The molecule has 0 unspecified atom stereocenters. The van der Waals surface area contributed by atoms with Crippen LogP contribution in [0, 0.1) is 0 Å². The van der Waals surface area contributed by atoms with Gasteiger partial charge < -0.3 is 18.8 Å². The molecule has 0 atom stereocenters.